The van der Waals surface area contributed by atoms with E-state index in [9.17, 15) is 9.59 Å². The second kappa shape index (κ2) is 3.96. The smallest absolute Gasteiger partial charge is 0.356 e. The van der Waals surface area contributed by atoms with Gasteiger partial charge in [-0.05, 0) is 18.9 Å². The number of carbonyl (C=O) groups excluding carboxylic acids is 1. The van der Waals surface area contributed by atoms with Crippen LogP contribution in [0.1, 0.15) is 23.3 Å². The van der Waals surface area contributed by atoms with Crippen LogP contribution in [-0.2, 0) is 11.3 Å². The zero-order chi connectivity index (χ0) is 11.7. The molecule has 1 N–H and O–H groups in total. The average molecular weight is 223 g/mol. The fraction of sp³-hybridized carbons (Fsp3) is 0.500. The summed E-state index contributed by atoms with van der Waals surface area (Å²) in [6, 6.07) is 1.74. The minimum absolute atomic E-state index is 0.0393. The fourth-order valence-corrected chi connectivity index (χ4v) is 1.48. The Kier molecular flexibility index (Phi) is 2.64. The van der Waals surface area contributed by atoms with Crippen LogP contribution in [0.15, 0.2) is 12.3 Å². The van der Waals surface area contributed by atoms with E-state index in [1.807, 2.05) is 0 Å². The van der Waals surface area contributed by atoms with Gasteiger partial charge in [-0.1, -0.05) is 0 Å². The number of aromatic nitrogens is 2. The number of carbonyl (C=O) groups is 2. The van der Waals surface area contributed by atoms with Gasteiger partial charge in [0.05, 0.1) is 0 Å². The Morgan fingerprint density at radius 1 is 1.62 bits per heavy atom. The Hall–Kier alpha value is -1.85. The zero-order valence-electron chi connectivity index (χ0n) is 8.96. The van der Waals surface area contributed by atoms with E-state index < -0.39 is 5.97 Å². The van der Waals surface area contributed by atoms with Crippen molar-refractivity contribution in [3.63, 3.8) is 0 Å². The van der Waals surface area contributed by atoms with Crippen LogP contribution >= 0.6 is 0 Å². The molecule has 1 heterocycles. The van der Waals surface area contributed by atoms with Crippen molar-refractivity contribution in [3.05, 3.63) is 18.0 Å². The second-order valence-corrected chi connectivity index (χ2v) is 3.94. The molecule has 0 saturated heterocycles. The molecule has 1 aromatic heterocycles. The first kappa shape index (κ1) is 10.7. The molecule has 1 aromatic rings. The molecule has 86 valence electrons. The van der Waals surface area contributed by atoms with Gasteiger partial charge < -0.3 is 10.0 Å². The lowest BCUT2D eigenvalue weighted by molar-refractivity contribution is -0.131. The summed E-state index contributed by atoms with van der Waals surface area (Å²) in [5.74, 6) is -1.12. The molecule has 6 heteroatoms. The lowest BCUT2D eigenvalue weighted by atomic mass is 10.4. The van der Waals surface area contributed by atoms with Crippen molar-refractivity contribution < 1.29 is 14.7 Å². The van der Waals surface area contributed by atoms with Crippen LogP contribution in [0.2, 0.25) is 0 Å². The van der Waals surface area contributed by atoms with Crippen LogP contribution in [-0.4, -0.2) is 44.8 Å². The summed E-state index contributed by atoms with van der Waals surface area (Å²) in [4.78, 5) is 24.0. The Morgan fingerprint density at radius 2 is 2.31 bits per heavy atom. The summed E-state index contributed by atoms with van der Waals surface area (Å²) < 4.78 is 1.35. The molecular weight excluding hydrogens is 210 g/mol. The molecule has 16 heavy (non-hydrogen) atoms. The molecule has 0 aliphatic heterocycles. The topological polar surface area (TPSA) is 75.4 Å². The van der Waals surface area contributed by atoms with E-state index in [2.05, 4.69) is 5.10 Å². The minimum Gasteiger partial charge on any atom is -0.476 e. The maximum absolute atomic E-state index is 11.7. The Morgan fingerprint density at radius 3 is 2.81 bits per heavy atom. The molecule has 0 bridgehead atoms. The van der Waals surface area contributed by atoms with Gasteiger partial charge in [-0.25, -0.2) is 4.79 Å². The van der Waals surface area contributed by atoms with E-state index in [4.69, 9.17) is 5.11 Å². The molecule has 1 amide bonds. The molecule has 0 aromatic carbocycles. The van der Waals surface area contributed by atoms with E-state index in [-0.39, 0.29) is 18.1 Å². The van der Waals surface area contributed by atoms with Gasteiger partial charge >= 0.3 is 5.97 Å². The number of likely N-dealkylation sites (N-methyl/N-ethyl adjacent to an activating group) is 1. The van der Waals surface area contributed by atoms with Crippen molar-refractivity contribution >= 4 is 11.9 Å². The summed E-state index contributed by atoms with van der Waals surface area (Å²) in [6.45, 7) is 0.0975. The second-order valence-electron chi connectivity index (χ2n) is 3.94. The van der Waals surface area contributed by atoms with Crippen molar-refractivity contribution in [2.24, 2.45) is 0 Å². The number of rotatable bonds is 4. The number of hydrogen-bond acceptors (Lipinski definition) is 3. The molecule has 1 aliphatic rings. The normalized spacial score (nSPS) is 14.8. The van der Waals surface area contributed by atoms with Gasteiger partial charge in [-0.3, -0.25) is 9.48 Å². The van der Waals surface area contributed by atoms with Gasteiger partial charge in [0.15, 0.2) is 5.69 Å². The monoisotopic (exact) mass is 223 g/mol. The van der Waals surface area contributed by atoms with Crippen molar-refractivity contribution in [1.82, 2.24) is 14.7 Å². The Balaban J connectivity index is 1.97. The van der Waals surface area contributed by atoms with Crippen LogP contribution in [0.4, 0.5) is 0 Å². The van der Waals surface area contributed by atoms with Crippen molar-refractivity contribution in [2.45, 2.75) is 25.4 Å². The van der Waals surface area contributed by atoms with Crippen LogP contribution < -0.4 is 0 Å². The van der Waals surface area contributed by atoms with Gasteiger partial charge in [0.1, 0.15) is 6.54 Å². The summed E-state index contributed by atoms with van der Waals surface area (Å²) in [5, 5.41) is 12.5. The maximum atomic E-state index is 11.7. The summed E-state index contributed by atoms with van der Waals surface area (Å²) in [7, 11) is 1.77. The van der Waals surface area contributed by atoms with E-state index in [0.29, 0.717) is 6.04 Å². The predicted molar refractivity (Wildman–Crippen MR) is 55.0 cm³/mol. The molecule has 1 fully saturated rings. The van der Waals surface area contributed by atoms with Crippen LogP contribution in [0.25, 0.3) is 0 Å². The van der Waals surface area contributed by atoms with Crippen molar-refractivity contribution in [1.29, 1.82) is 0 Å². The highest BCUT2D eigenvalue weighted by molar-refractivity contribution is 5.85. The van der Waals surface area contributed by atoms with E-state index in [1.165, 1.54) is 16.9 Å². The molecule has 0 atom stereocenters. The summed E-state index contributed by atoms with van der Waals surface area (Å²) >= 11 is 0. The first-order chi connectivity index (χ1) is 7.58. The fourth-order valence-electron chi connectivity index (χ4n) is 1.48. The molecule has 1 saturated carbocycles. The molecule has 0 spiro atoms. The van der Waals surface area contributed by atoms with E-state index in [1.54, 1.807) is 11.9 Å². The summed E-state index contributed by atoms with van der Waals surface area (Å²) in [5.41, 5.74) is -0.0399. The Bertz CT molecular complexity index is 423. The minimum atomic E-state index is -1.08. The third-order valence-corrected chi connectivity index (χ3v) is 2.65. The SMILES string of the molecule is CN(C(=O)Cn1ccc(C(=O)O)n1)C1CC1. The maximum Gasteiger partial charge on any atom is 0.356 e. The third kappa shape index (κ3) is 2.21. The highest BCUT2D eigenvalue weighted by Crippen LogP contribution is 2.25. The van der Waals surface area contributed by atoms with Crippen molar-refractivity contribution in [2.75, 3.05) is 7.05 Å². The lowest BCUT2D eigenvalue weighted by Crippen LogP contribution is -2.32. The van der Waals surface area contributed by atoms with Gasteiger partial charge in [0, 0.05) is 19.3 Å². The van der Waals surface area contributed by atoms with E-state index >= 15 is 0 Å². The van der Waals surface area contributed by atoms with Crippen LogP contribution in [0.5, 0.6) is 0 Å². The Labute approximate surface area is 92.5 Å². The molecule has 1 aliphatic carbocycles. The number of aromatic carboxylic acids is 1. The highest BCUT2D eigenvalue weighted by atomic mass is 16.4. The predicted octanol–water partition coefficient (Wildman–Crippen LogP) is 0.202. The lowest BCUT2D eigenvalue weighted by Gasteiger charge is -2.15. The molecule has 0 unspecified atom stereocenters. The third-order valence-electron chi connectivity index (χ3n) is 2.65. The molecule has 2 rings (SSSR count). The number of nitrogens with zero attached hydrogens (tertiary/aromatic N) is 3. The average Bonchev–Trinajstić information content (AvgIpc) is 2.97. The van der Waals surface area contributed by atoms with Gasteiger partial charge in [-0.2, -0.15) is 5.10 Å². The standard InChI is InChI=1S/C10H13N3O3/c1-12(7-2-3-7)9(14)6-13-5-4-8(11-13)10(15)16/h4-5,7H,2-3,6H2,1H3,(H,15,16). The van der Waals surface area contributed by atoms with Crippen LogP contribution in [0.3, 0.4) is 0 Å². The highest BCUT2D eigenvalue weighted by Gasteiger charge is 2.29. The number of carboxylic acid groups (broad SMARTS) is 1. The number of carboxylic acids is 1. The number of amides is 1. The number of hydrogen-bond donors (Lipinski definition) is 1. The van der Waals surface area contributed by atoms with Crippen LogP contribution in [0, 0.1) is 0 Å². The van der Waals surface area contributed by atoms with E-state index in [0.717, 1.165) is 12.8 Å². The quantitative estimate of drug-likeness (QED) is 0.791. The zero-order valence-corrected chi connectivity index (χ0v) is 8.96. The molecule has 0 radical (unpaired) electrons. The summed E-state index contributed by atoms with van der Waals surface area (Å²) in [6.07, 6.45) is 3.62. The largest absolute Gasteiger partial charge is 0.476 e. The van der Waals surface area contributed by atoms with Gasteiger partial charge in [0.25, 0.3) is 0 Å². The van der Waals surface area contributed by atoms with Crippen molar-refractivity contribution in [3.8, 4) is 0 Å². The van der Waals surface area contributed by atoms with Gasteiger partial charge in [0.2, 0.25) is 5.91 Å². The first-order valence-corrected chi connectivity index (χ1v) is 5.10. The van der Waals surface area contributed by atoms with Gasteiger partial charge in [-0.15, -0.1) is 0 Å². The molecule has 6 nitrogen and oxygen atoms in total. The molecular formula is C10H13N3O3. The first-order valence-electron chi connectivity index (χ1n) is 5.10.